The van der Waals surface area contributed by atoms with Crippen LogP contribution < -0.4 is 14.2 Å². The molecule has 2 bridgehead atoms. The maximum Gasteiger partial charge on any atom is 0.254 e. The second-order valence-electron chi connectivity index (χ2n) is 9.09. The number of carbonyl (C=O) groups excluding carboxylic acids is 1. The first-order chi connectivity index (χ1) is 16.7. The summed E-state index contributed by atoms with van der Waals surface area (Å²) in [5, 5.41) is 0. The van der Waals surface area contributed by atoms with Gasteiger partial charge in [-0.3, -0.25) is 4.79 Å². The van der Waals surface area contributed by atoms with Crippen molar-refractivity contribution in [2.24, 2.45) is 0 Å². The van der Waals surface area contributed by atoms with Crippen LogP contribution in [0, 0.1) is 0 Å². The zero-order chi connectivity index (χ0) is 22.9. The Hall–Kier alpha value is -3.06. The first kappa shape index (κ1) is 21.5. The van der Waals surface area contributed by atoms with Crippen LogP contribution in [0.2, 0.25) is 0 Å². The minimum absolute atomic E-state index is 0.107. The van der Waals surface area contributed by atoms with Crippen LogP contribution in [0.25, 0.3) is 0 Å². The summed E-state index contributed by atoms with van der Waals surface area (Å²) in [5.74, 6) is 5.16. The molecule has 0 aliphatic carbocycles. The van der Waals surface area contributed by atoms with Crippen LogP contribution >= 0.6 is 11.8 Å². The maximum atomic E-state index is 13.4. The van der Waals surface area contributed by atoms with Gasteiger partial charge in [0.25, 0.3) is 5.91 Å². The van der Waals surface area contributed by atoms with Gasteiger partial charge in [-0.25, -0.2) is 0 Å². The van der Waals surface area contributed by atoms with Gasteiger partial charge in [0.2, 0.25) is 6.79 Å². The summed E-state index contributed by atoms with van der Waals surface area (Å²) in [7, 11) is 0. The number of ether oxygens (including phenoxy) is 3. The molecule has 2 atom stereocenters. The van der Waals surface area contributed by atoms with Crippen molar-refractivity contribution >= 4 is 17.7 Å². The highest BCUT2D eigenvalue weighted by Crippen LogP contribution is 2.40. The van der Waals surface area contributed by atoms with Gasteiger partial charge in [-0.15, -0.1) is 11.8 Å². The molecule has 176 valence electrons. The van der Waals surface area contributed by atoms with Gasteiger partial charge in [-0.2, -0.15) is 0 Å². The monoisotopic (exact) mass is 477 g/mol. The Bertz CT molecular complexity index is 1130. The van der Waals surface area contributed by atoms with E-state index in [4.69, 9.17) is 18.6 Å². The van der Waals surface area contributed by atoms with Gasteiger partial charge >= 0.3 is 0 Å². The van der Waals surface area contributed by atoms with E-state index in [-0.39, 0.29) is 30.9 Å². The third kappa shape index (κ3) is 4.37. The van der Waals surface area contributed by atoms with Crippen molar-refractivity contribution in [2.45, 2.75) is 55.4 Å². The van der Waals surface area contributed by atoms with Gasteiger partial charge < -0.3 is 23.5 Å². The maximum absolute atomic E-state index is 13.4. The molecule has 2 aromatic carbocycles. The number of amides is 1. The van der Waals surface area contributed by atoms with E-state index in [0.29, 0.717) is 0 Å². The summed E-state index contributed by atoms with van der Waals surface area (Å²) < 4.78 is 22.5. The fourth-order valence-corrected chi connectivity index (χ4v) is 6.15. The van der Waals surface area contributed by atoms with Gasteiger partial charge in [0, 0.05) is 42.3 Å². The van der Waals surface area contributed by atoms with Crippen molar-refractivity contribution in [3.63, 3.8) is 0 Å². The molecule has 0 radical (unpaired) electrons. The summed E-state index contributed by atoms with van der Waals surface area (Å²) in [5.41, 5.74) is 1.98. The molecular formula is C27H27NO5S. The lowest BCUT2D eigenvalue weighted by Crippen LogP contribution is -2.49. The largest absolute Gasteiger partial charge is 0.490 e. The Kier molecular flexibility index (Phi) is 5.87. The normalized spacial score (nSPS) is 22.7. The topological polar surface area (TPSA) is 61.1 Å². The predicted molar refractivity (Wildman–Crippen MR) is 129 cm³/mol. The van der Waals surface area contributed by atoms with E-state index in [9.17, 15) is 4.79 Å². The average Bonchev–Trinajstić information content (AvgIpc) is 3.59. The van der Waals surface area contributed by atoms with E-state index in [1.807, 2.05) is 42.5 Å². The molecule has 0 N–H and O–H groups in total. The molecule has 1 aromatic heterocycles. The fourth-order valence-electron chi connectivity index (χ4n) is 5.25. The molecule has 6 rings (SSSR count). The quantitative estimate of drug-likeness (QED) is 0.438. The van der Waals surface area contributed by atoms with Crippen LogP contribution in [0.3, 0.4) is 0 Å². The summed E-state index contributed by atoms with van der Waals surface area (Å²) >= 11 is 1.81. The van der Waals surface area contributed by atoms with E-state index in [1.165, 1.54) is 5.56 Å². The van der Waals surface area contributed by atoms with Gasteiger partial charge in [0.05, 0.1) is 12.0 Å². The first-order valence-corrected chi connectivity index (χ1v) is 13.0. The Labute approximate surface area is 203 Å². The van der Waals surface area contributed by atoms with Crippen LogP contribution in [0.1, 0.15) is 47.4 Å². The van der Waals surface area contributed by atoms with Crippen molar-refractivity contribution in [3.8, 4) is 17.2 Å². The second-order valence-corrected chi connectivity index (χ2v) is 10.1. The Morgan fingerprint density at radius 2 is 1.76 bits per heavy atom. The number of hydrogen-bond donors (Lipinski definition) is 0. The number of fused-ring (bicyclic) bond motifs is 3. The minimum Gasteiger partial charge on any atom is -0.490 e. The van der Waals surface area contributed by atoms with Gasteiger partial charge in [0.1, 0.15) is 17.6 Å². The molecule has 0 spiro atoms. The molecule has 3 aromatic rings. The first-order valence-electron chi connectivity index (χ1n) is 11.8. The van der Waals surface area contributed by atoms with Crippen LogP contribution in [0.5, 0.6) is 17.2 Å². The van der Waals surface area contributed by atoms with Crippen LogP contribution in [0.4, 0.5) is 0 Å². The second kappa shape index (κ2) is 9.29. The van der Waals surface area contributed by atoms with Gasteiger partial charge in [-0.1, -0.05) is 12.1 Å². The highest BCUT2D eigenvalue weighted by molar-refractivity contribution is 7.97. The van der Waals surface area contributed by atoms with E-state index in [2.05, 4.69) is 17.0 Å². The number of benzene rings is 2. The van der Waals surface area contributed by atoms with Crippen LogP contribution in [-0.4, -0.2) is 35.8 Å². The lowest BCUT2D eigenvalue weighted by atomic mass is 9.98. The van der Waals surface area contributed by atoms with Crippen molar-refractivity contribution in [3.05, 3.63) is 77.7 Å². The smallest absolute Gasteiger partial charge is 0.254 e. The number of carbonyl (C=O) groups is 1. The van der Waals surface area contributed by atoms with Gasteiger partial charge in [0.15, 0.2) is 11.5 Å². The number of piperidine rings is 1. The predicted octanol–water partition coefficient (Wildman–Crippen LogP) is 5.66. The van der Waals surface area contributed by atoms with Gasteiger partial charge in [-0.05, 0) is 54.8 Å². The SMILES string of the molecule is O=C(c1ccc(CSCc2ccco2)cc1)N1C2CCC1CC(Oc1ccc3c(c1)OCO3)C2. The highest BCUT2D eigenvalue weighted by atomic mass is 32.2. The molecular weight excluding hydrogens is 450 g/mol. The fraction of sp³-hybridized carbons (Fsp3) is 0.370. The number of thioether (sulfide) groups is 1. The molecule has 7 heteroatoms. The van der Waals surface area contributed by atoms with Crippen molar-refractivity contribution in [2.75, 3.05) is 6.79 Å². The molecule has 4 heterocycles. The lowest BCUT2D eigenvalue weighted by molar-refractivity contribution is 0.0358. The zero-order valence-corrected chi connectivity index (χ0v) is 19.7. The van der Waals surface area contributed by atoms with E-state index < -0.39 is 0 Å². The Balaban J connectivity index is 1.05. The molecule has 0 saturated carbocycles. The third-order valence-electron chi connectivity index (χ3n) is 6.87. The summed E-state index contributed by atoms with van der Waals surface area (Å²) in [6.07, 6.45) is 5.61. The zero-order valence-electron chi connectivity index (χ0n) is 18.9. The Morgan fingerprint density at radius 3 is 2.53 bits per heavy atom. The average molecular weight is 478 g/mol. The summed E-state index contributed by atoms with van der Waals surface area (Å²) in [6.45, 7) is 0.258. The lowest BCUT2D eigenvalue weighted by Gasteiger charge is -2.39. The molecule has 6 nitrogen and oxygen atoms in total. The van der Waals surface area contributed by atoms with Crippen molar-refractivity contribution in [1.82, 2.24) is 4.90 Å². The minimum atomic E-state index is 0.107. The Morgan fingerprint density at radius 1 is 0.971 bits per heavy atom. The number of furan rings is 1. The molecule has 2 saturated heterocycles. The molecule has 3 aliphatic heterocycles. The molecule has 2 fully saturated rings. The summed E-state index contributed by atoms with van der Waals surface area (Å²) in [6, 6.07) is 18.2. The van der Waals surface area contributed by atoms with Crippen LogP contribution in [0.15, 0.2) is 65.3 Å². The van der Waals surface area contributed by atoms with E-state index in [0.717, 1.165) is 65.8 Å². The van der Waals surface area contributed by atoms with Crippen molar-refractivity contribution < 1.29 is 23.4 Å². The standard InChI is InChI=1S/C27H27NO5S/c29-27(19-5-3-18(4-6-19)15-34-16-23-2-1-11-30-23)28-20-7-8-21(28)13-24(12-20)33-22-9-10-25-26(14-22)32-17-31-25/h1-6,9-11,14,20-21,24H,7-8,12-13,15-17H2. The molecule has 3 aliphatic rings. The summed E-state index contributed by atoms with van der Waals surface area (Å²) in [4.78, 5) is 15.5. The van der Waals surface area contributed by atoms with Crippen molar-refractivity contribution in [1.29, 1.82) is 0 Å². The number of hydrogen-bond acceptors (Lipinski definition) is 6. The van der Waals surface area contributed by atoms with E-state index in [1.54, 1.807) is 18.0 Å². The number of rotatable bonds is 7. The molecule has 34 heavy (non-hydrogen) atoms. The molecule has 2 unspecified atom stereocenters. The van der Waals surface area contributed by atoms with Crippen LogP contribution in [-0.2, 0) is 11.5 Å². The number of nitrogens with zero attached hydrogens (tertiary/aromatic N) is 1. The third-order valence-corrected chi connectivity index (χ3v) is 7.89. The highest BCUT2D eigenvalue weighted by Gasteiger charge is 2.44. The molecule has 1 amide bonds. The van der Waals surface area contributed by atoms with E-state index >= 15 is 0 Å².